The van der Waals surface area contributed by atoms with E-state index >= 15 is 0 Å². The third-order valence-electron chi connectivity index (χ3n) is 2.66. The second-order valence-corrected chi connectivity index (χ2v) is 4.47. The van der Waals surface area contributed by atoms with E-state index in [9.17, 15) is 20.0 Å². The number of aliphatic hydroxyl groups is 1. The van der Waals surface area contributed by atoms with Crippen LogP contribution in [-0.2, 0) is 0 Å². The molecular weight excluding hydrogens is 248 g/mol. The van der Waals surface area contributed by atoms with E-state index in [0.717, 1.165) is 6.42 Å². The highest BCUT2D eigenvalue weighted by Crippen LogP contribution is 2.16. The van der Waals surface area contributed by atoms with E-state index in [1.165, 1.54) is 12.1 Å². The Bertz CT molecular complexity index is 474. The van der Waals surface area contributed by atoms with Crippen molar-refractivity contribution < 1.29 is 14.8 Å². The molecular formula is C13H18N2O4. The smallest absolute Gasteiger partial charge is 0.270 e. The predicted octanol–water partition coefficient (Wildman–Crippen LogP) is 1.79. The van der Waals surface area contributed by atoms with E-state index in [-0.39, 0.29) is 17.8 Å². The molecule has 2 N–H and O–H groups in total. The van der Waals surface area contributed by atoms with Crippen molar-refractivity contribution in [3.05, 3.63) is 39.4 Å². The van der Waals surface area contributed by atoms with Crippen LogP contribution in [0.4, 0.5) is 5.69 Å². The molecule has 0 spiro atoms. The lowest BCUT2D eigenvalue weighted by molar-refractivity contribution is -0.384. The number of aryl methyl sites for hydroxylation is 1. The Kier molecular flexibility index (Phi) is 5.44. The van der Waals surface area contributed by atoms with Gasteiger partial charge in [-0.05, 0) is 25.0 Å². The van der Waals surface area contributed by atoms with Crippen LogP contribution >= 0.6 is 0 Å². The maximum atomic E-state index is 11.8. The van der Waals surface area contributed by atoms with Gasteiger partial charge in [0.1, 0.15) is 0 Å². The van der Waals surface area contributed by atoms with E-state index in [0.29, 0.717) is 12.0 Å². The first-order valence-corrected chi connectivity index (χ1v) is 6.16. The van der Waals surface area contributed by atoms with Crippen LogP contribution in [0.5, 0.6) is 0 Å². The van der Waals surface area contributed by atoms with Gasteiger partial charge >= 0.3 is 0 Å². The van der Waals surface area contributed by atoms with E-state index in [1.54, 1.807) is 13.0 Å². The number of nitro benzene ring substituents is 1. The average Bonchev–Trinajstić information content (AvgIpc) is 2.35. The number of carbonyl (C=O) groups is 1. The van der Waals surface area contributed by atoms with Crippen molar-refractivity contribution >= 4 is 11.6 Å². The summed E-state index contributed by atoms with van der Waals surface area (Å²) in [4.78, 5) is 22.0. The van der Waals surface area contributed by atoms with E-state index < -0.39 is 16.9 Å². The zero-order chi connectivity index (χ0) is 14.4. The molecule has 6 heteroatoms. The second-order valence-electron chi connectivity index (χ2n) is 4.47. The highest BCUT2D eigenvalue weighted by atomic mass is 16.6. The molecule has 0 aromatic heterocycles. The summed E-state index contributed by atoms with van der Waals surface area (Å²) in [6.45, 7) is 3.78. The summed E-state index contributed by atoms with van der Waals surface area (Å²) in [7, 11) is 0. The quantitative estimate of drug-likeness (QED) is 0.606. The molecule has 0 radical (unpaired) electrons. The van der Waals surface area contributed by atoms with Gasteiger partial charge in [0, 0.05) is 24.2 Å². The number of amides is 1. The van der Waals surface area contributed by atoms with Gasteiger partial charge in [-0.1, -0.05) is 13.3 Å². The molecule has 0 saturated heterocycles. The average molecular weight is 266 g/mol. The van der Waals surface area contributed by atoms with Crippen molar-refractivity contribution in [2.24, 2.45) is 0 Å². The fourth-order valence-electron chi connectivity index (χ4n) is 1.75. The highest BCUT2D eigenvalue weighted by molar-refractivity contribution is 5.95. The van der Waals surface area contributed by atoms with Crippen molar-refractivity contribution in [3.63, 3.8) is 0 Å². The number of nitrogens with zero attached hydrogens (tertiary/aromatic N) is 1. The van der Waals surface area contributed by atoms with Crippen LogP contribution in [0, 0.1) is 17.0 Å². The van der Waals surface area contributed by atoms with Crippen molar-refractivity contribution in [3.8, 4) is 0 Å². The lowest BCUT2D eigenvalue weighted by Crippen LogP contribution is -2.32. The van der Waals surface area contributed by atoms with Crippen molar-refractivity contribution in [1.82, 2.24) is 5.32 Å². The molecule has 1 rings (SSSR count). The molecule has 1 atom stereocenters. The molecule has 1 unspecified atom stereocenters. The van der Waals surface area contributed by atoms with Crippen LogP contribution in [0.25, 0.3) is 0 Å². The molecule has 0 aliphatic heterocycles. The lowest BCUT2D eigenvalue weighted by atomic mass is 10.1. The molecule has 1 aromatic rings. The Labute approximate surface area is 111 Å². The van der Waals surface area contributed by atoms with E-state index in [1.807, 2.05) is 6.92 Å². The number of hydrogen-bond donors (Lipinski definition) is 2. The van der Waals surface area contributed by atoms with Gasteiger partial charge in [0.25, 0.3) is 11.6 Å². The Morgan fingerprint density at radius 2 is 2.16 bits per heavy atom. The van der Waals surface area contributed by atoms with Gasteiger partial charge in [0.2, 0.25) is 0 Å². The number of non-ortho nitro benzene ring substituents is 1. The lowest BCUT2D eigenvalue weighted by Gasteiger charge is -2.10. The standard InChI is InChI=1S/C13H18N2O4/c1-3-4-12(16)8-14-13(17)10-5-9(2)6-11(7-10)15(18)19/h5-7,12,16H,3-4,8H2,1-2H3,(H,14,17). The first kappa shape index (κ1) is 15.1. The Morgan fingerprint density at radius 3 is 2.74 bits per heavy atom. The number of benzene rings is 1. The van der Waals surface area contributed by atoms with Gasteiger partial charge in [-0.25, -0.2) is 0 Å². The normalized spacial score (nSPS) is 11.9. The molecule has 0 bridgehead atoms. The van der Waals surface area contributed by atoms with Crippen molar-refractivity contribution in [2.45, 2.75) is 32.8 Å². The molecule has 1 amide bonds. The molecule has 0 aliphatic rings. The Balaban J connectivity index is 2.74. The van der Waals surface area contributed by atoms with Gasteiger partial charge in [0.05, 0.1) is 11.0 Å². The van der Waals surface area contributed by atoms with Crippen LogP contribution in [0.3, 0.4) is 0 Å². The maximum Gasteiger partial charge on any atom is 0.270 e. The topological polar surface area (TPSA) is 92.5 Å². The zero-order valence-corrected chi connectivity index (χ0v) is 11.0. The minimum Gasteiger partial charge on any atom is -0.391 e. The van der Waals surface area contributed by atoms with Crippen LogP contribution in [0.2, 0.25) is 0 Å². The molecule has 1 aromatic carbocycles. The van der Waals surface area contributed by atoms with Crippen LogP contribution in [0.15, 0.2) is 18.2 Å². The first-order chi connectivity index (χ1) is 8.93. The number of carbonyl (C=O) groups excluding carboxylic acids is 1. The molecule has 104 valence electrons. The fourth-order valence-corrected chi connectivity index (χ4v) is 1.75. The van der Waals surface area contributed by atoms with Crippen molar-refractivity contribution in [1.29, 1.82) is 0 Å². The van der Waals surface area contributed by atoms with Crippen LogP contribution in [-0.4, -0.2) is 28.6 Å². The summed E-state index contributed by atoms with van der Waals surface area (Å²) in [5, 5.41) is 22.8. The van der Waals surface area contributed by atoms with Gasteiger partial charge in [0.15, 0.2) is 0 Å². The van der Waals surface area contributed by atoms with Gasteiger partial charge in [-0.15, -0.1) is 0 Å². The van der Waals surface area contributed by atoms with Gasteiger partial charge in [-0.2, -0.15) is 0 Å². The van der Waals surface area contributed by atoms with Crippen molar-refractivity contribution in [2.75, 3.05) is 6.54 Å². The van der Waals surface area contributed by atoms with E-state index in [4.69, 9.17) is 0 Å². The highest BCUT2D eigenvalue weighted by Gasteiger charge is 2.14. The number of aliphatic hydroxyl groups excluding tert-OH is 1. The Hall–Kier alpha value is -1.95. The van der Waals surface area contributed by atoms with Crippen LogP contribution in [0.1, 0.15) is 35.7 Å². The van der Waals surface area contributed by atoms with Gasteiger partial charge < -0.3 is 10.4 Å². The summed E-state index contributed by atoms with van der Waals surface area (Å²) in [6.07, 6.45) is 0.843. The van der Waals surface area contributed by atoms with Crippen LogP contribution < -0.4 is 5.32 Å². The summed E-state index contributed by atoms with van der Waals surface area (Å²) >= 11 is 0. The zero-order valence-electron chi connectivity index (χ0n) is 11.0. The minimum absolute atomic E-state index is 0.112. The molecule has 0 heterocycles. The fraction of sp³-hybridized carbons (Fsp3) is 0.462. The summed E-state index contributed by atoms with van der Waals surface area (Å²) < 4.78 is 0. The predicted molar refractivity (Wildman–Crippen MR) is 71.1 cm³/mol. The molecule has 6 nitrogen and oxygen atoms in total. The monoisotopic (exact) mass is 266 g/mol. The largest absolute Gasteiger partial charge is 0.391 e. The molecule has 0 saturated carbocycles. The second kappa shape index (κ2) is 6.84. The number of nitrogens with one attached hydrogen (secondary N) is 1. The SMILES string of the molecule is CCCC(O)CNC(=O)c1cc(C)cc([N+](=O)[O-])c1. The first-order valence-electron chi connectivity index (χ1n) is 6.16. The summed E-state index contributed by atoms with van der Waals surface area (Å²) in [6, 6.07) is 4.21. The number of rotatable bonds is 6. The third-order valence-corrected chi connectivity index (χ3v) is 2.66. The molecule has 19 heavy (non-hydrogen) atoms. The number of hydrogen-bond acceptors (Lipinski definition) is 4. The maximum absolute atomic E-state index is 11.8. The Morgan fingerprint density at radius 1 is 1.47 bits per heavy atom. The third kappa shape index (κ3) is 4.67. The summed E-state index contributed by atoms with van der Waals surface area (Å²) in [5.41, 5.74) is 0.767. The molecule has 0 fully saturated rings. The molecule has 0 aliphatic carbocycles. The summed E-state index contributed by atoms with van der Waals surface area (Å²) in [5.74, 6) is -0.415. The van der Waals surface area contributed by atoms with Gasteiger partial charge in [-0.3, -0.25) is 14.9 Å². The number of nitro groups is 1. The van der Waals surface area contributed by atoms with E-state index in [2.05, 4.69) is 5.32 Å². The minimum atomic E-state index is -0.589.